The molecule has 1 aromatic carbocycles. The van der Waals surface area contributed by atoms with Crippen molar-refractivity contribution in [2.24, 2.45) is 0 Å². The molecule has 0 saturated heterocycles. The Bertz CT molecular complexity index is 464. The highest BCUT2D eigenvalue weighted by Gasteiger charge is 2.37. The Balaban J connectivity index is 2.35. The van der Waals surface area contributed by atoms with Crippen LogP contribution in [-0.4, -0.2) is 19.0 Å². The van der Waals surface area contributed by atoms with Gasteiger partial charge in [0.15, 0.2) is 9.84 Å². The van der Waals surface area contributed by atoms with E-state index < -0.39 is 15.1 Å². The summed E-state index contributed by atoms with van der Waals surface area (Å²) in [5.74, 6) is 0. The summed E-state index contributed by atoms with van der Waals surface area (Å²) >= 11 is 6.06. The number of hydrogen-bond donors (Lipinski definition) is 0. The van der Waals surface area contributed by atoms with Crippen molar-refractivity contribution in [1.29, 1.82) is 0 Å². The zero-order valence-corrected chi connectivity index (χ0v) is 10.8. The molecule has 0 aromatic heterocycles. The van der Waals surface area contributed by atoms with Crippen molar-refractivity contribution in [3.8, 4) is 0 Å². The van der Waals surface area contributed by atoms with E-state index in [-0.39, 0.29) is 5.38 Å². The number of sulfone groups is 1. The molecular formula is C12H15ClO2S. The van der Waals surface area contributed by atoms with Crippen molar-refractivity contribution in [3.63, 3.8) is 0 Å². The van der Waals surface area contributed by atoms with Gasteiger partial charge in [0.05, 0.1) is 15.5 Å². The fraction of sp³-hybridized carbons (Fsp3) is 0.500. The van der Waals surface area contributed by atoms with Crippen molar-refractivity contribution in [3.05, 3.63) is 29.8 Å². The van der Waals surface area contributed by atoms with Gasteiger partial charge in [0.25, 0.3) is 0 Å². The van der Waals surface area contributed by atoms with E-state index in [0.29, 0.717) is 11.3 Å². The Labute approximate surface area is 102 Å². The van der Waals surface area contributed by atoms with Gasteiger partial charge in [-0.15, -0.1) is 11.6 Å². The highest BCUT2D eigenvalue weighted by atomic mass is 35.5. The maximum absolute atomic E-state index is 12.3. The molecule has 0 amide bonds. The Morgan fingerprint density at radius 3 is 2.31 bits per heavy atom. The topological polar surface area (TPSA) is 34.1 Å². The predicted molar refractivity (Wildman–Crippen MR) is 65.6 cm³/mol. The molecule has 0 radical (unpaired) electrons. The first-order chi connectivity index (χ1) is 7.51. The summed E-state index contributed by atoms with van der Waals surface area (Å²) in [6, 6.07) is 7.00. The number of hydrogen-bond acceptors (Lipinski definition) is 2. The van der Waals surface area contributed by atoms with Crippen LogP contribution in [0.2, 0.25) is 0 Å². The van der Waals surface area contributed by atoms with E-state index in [2.05, 4.69) is 0 Å². The Hall–Kier alpha value is -0.540. The summed E-state index contributed by atoms with van der Waals surface area (Å²) in [5, 5.41) is -0.636. The lowest BCUT2D eigenvalue weighted by atomic mass is 10.2. The quantitative estimate of drug-likeness (QED) is 0.765. The van der Waals surface area contributed by atoms with Gasteiger partial charge in [-0.25, -0.2) is 8.42 Å². The second kappa shape index (κ2) is 4.38. The lowest BCUT2D eigenvalue weighted by Crippen LogP contribution is -2.25. The maximum Gasteiger partial charge on any atom is 0.182 e. The third-order valence-corrected chi connectivity index (χ3v) is 6.08. The molecule has 0 N–H and O–H groups in total. The lowest BCUT2D eigenvalue weighted by molar-refractivity contribution is 0.580. The molecule has 4 heteroatoms. The van der Waals surface area contributed by atoms with Crippen molar-refractivity contribution in [2.75, 3.05) is 0 Å². The first-order valence-corrected chi connectivity index (χ1v) is 7.45. The molecule has 2 nitrogen and oxygen atoms in total. The summed E-state index contributed by atoms with van der Waals surface area (Å²) in [4.78, 5) is 0.399. The zero-order valence-electron chi connectivity index (χ0n) is 9.19. The highest BCUT2D eigenvalue weighted by molar-refractivity contribution is 7.92. The monoisotopic (exact) mass is 258 g/mol. The standard InChI is InChI=1S/C12H15ClO2S/c1-9-5-7-10(8-6-9)16(14,15)12-4-2-3-11(12)13/h5-8,11-12H,2-4H2,1H3. The van der Waals surface area contributed by atoms with Crippen molar-refractivity contribution >= 4 is 21.4 Å². The SMILES string of the molecule is Cc1ccc(S(=O)(=O)C2CCCC2Cl)cc1. The summed E-state index contributed by atoms with van der Waals surface area (Å²) in [6.07, 6.45) is 2.39. The summed E-state index contributed by atoms with van der Waals surface area (Å²) in [5.41, 5.74) is 1.06. The maximum atomic E-state index is 12.3. The van der Waals surface area contributed by atoms with E-state index >= 15 is 0 Å². The van der Waals surface area contributed by atoms with Crippen LogP contribution < -0.4 is 0 Å². The highest BCUT2D eigenvalue weighted by Crippen LogP contribution is 2.33. The van der Waals surface area contributed by atoms with Gasteiger partial charge in [0.2, 0.25) is 0 Å². The van der Waals surface area contributed by atoms with Gasteiger partial charge in [-0.05, 0) is 31.9 Å². The molecule has 2 atom stereocenters. The van der Waals surface area contributed by atoms with Crippen LogP contribution in [0.4, 0.5) is 0 Å². The average molecular weight is 259 g/mol. The fourth-order valence-electron chi connectivity index (χ4n) is 2.13. The van der Waals surface area contributed by atoms with Gasteiger partial charge >= 0.3 is 0 Å². The van der Waals surface area contributed by atoms with E-state index in [9.17, 15) is 8.42 Å². The third-order valence-electron chi connectivity index (χ3n) is 3.12. The first kappa shape index (κ1) is 11.9. The van der Waals surface area contributed by atoms with Crippen molar-refractivity contribution < 1.29 is 8.42 Å². The third kappa shape index (κ3) is 2.11. The predicted octanol–water partition coefficient (Wildman–Crippen LogP) is 2.93. The molecule has 0 heterocycles. The van der Waals surface area contributed by atoms with Crippen LogP contribution in [0.15, 0.2) is 29.2 Å². The average Bonchev–Trinajstić information content (AvgIpc) is 2.66. The van der Waals surface area contributed by atoms with Crippen molar-refractivity contribution in [1.82, 2.24) is 0 Å². The van der Waals surface area contributed by atoms with Gasteiger partial charge in [0.1, 0.15) is 0 Å². The van der Waals surface area contributed by atoms with Crippen LogP contribution in [0.5, 0.6) is 0 Å². The second-order valence-corrected chi connectivity index (χ2v) is 7.07. The van der Waals surface area contributed by atoms with Gasteiger partial charge in [-0.2, -0.15) is 0 Å². The van der Waals surface area contributed by atoms with Gasteiger partial charge in [-0.3, -0.25) is 0 Å². The number of halogens is 1. The number of rotatable bonds is 2. The number of alkyl halides is 1. The minimum Gasteiger partial charge on any atom is -0.223 e. The number of benzene rings is 1. The van der Waals surface area contributed by atoms with E-state index in [1.54, 1.807) is 12.1 Å². The molecule has 0 spiro atoms. The van der Waals surface area contributed by atoms with Crippen LogP contribution in [0.25, 0.3) is 0 Å². The molecule has 88 valence electrons. The van der Waals surface area contributed by atoms with Crippen LogP contribution >= 0.6 is 11.6 Å². The normalized spacial score (nSPS) is 25.9. The molecule has 16 heavy (non-hydrogen) atoms. The van der Waals surface area contributed by atoms with E-state index in [1.807, 2.05) is 19.1 Å². The van der Waals surface area contributed by atoms with Gasteiger partial charge < -0.3 is 0 Å². The Morgan fingerprint density at radius 1 is 1.19 bits per heavy atom. The van der Waals surface area contributed by atoms with E-state index in [0.717, 1.165) is 18.4 Å². The van der Waals surface area contributed by atoms with Crippen LogP contribution in [-0.2, 0) is 9.84 Å². The zero-order chi connectivity index (χ0) is 11.8. The summed E-state index contributed by atoms with van der Waals surface area (Å²) in [7, 11) is -3.24. The van der Waals surface area contributed by atoms with Crippen LogP contribution in [0, 0.1) is 6.92 Å². The van der Waals surface area contributed by atoms with Crippen LogP contribution in [0.1, 0.15) is 24.8 Å². The molecule has 1 aliphatic rings. The second-order valence-electron chi connectivity index (χ2n) is 4.34. The molecular weight excluding hydrogens is 244 g/mol. The van der Waals surface area contributed by atoms with E-state index in [1.165, 1.54) is 0 Å². The molecule has 1 saturated carbocycles. The largest absolute Gasteiger partial charge is 0.223 e. The molecule has 0 bridgehead atoms. The molecule has 1 aliphatic carbocycles. The molecule has 2 unspecified atom stereocenters. The lowest BCUT2D eigenvalue weighted by Gasteiger charge is -2.14. The van der Waals surface area contributed by atoms with Crippen molar-refractivity contribution in [2.45, 2.75) is 41.7 Å². The molecule has 2 rings (SSSR count). The summed E-state index contributed by atoms with van der Waals surface area (Å²) in [6.45, 7) is 1.94. The molecule has 1 aromatic rings. The van der Waals surface area contributed by atoms with Gasteiger partial charge in [0, 0.05) is 0 Å². The smallest absolute Gasteiger partial charge is 0.182 e. The fourth-order valence-corrected chi connectivity index (χ4v) is 4.69. The van der Waals surface area contributed by atoms with Crippen LogP contribution in [0.3, 0.4) is 0 Å². The van der Waals surface area contributed by atoms with Gasteiger partial charge in [-0.1, -0.05) is 24.1 Å². The summed E-state index contributed by atoms with van der Waals surface area (Å²) < 4.78 is 24.5. The Kier molecular flexibility index (Phi) is 3.27. The molecule has 1 fully saturated rings. The minimum atomic E-state index is -3.24. The molecule has 0 aliphatic heterocycles. The first-order valence-electron chi connectivity index (χ1n) is 5.46. The van der Waals surface area contributed by atoms with E-state index in [4.69, 9.17) is 11.6 Å². The Morgan fingerprint density at radius 2 is 1.81 bits per heavy atom. The minimum absolute atomic E-state index is 0.230. The number of aryl methyl sites for hydroxylation is 1.